The van der Waals surface area contributed by atoms with Gasteiger partial charge in [0, 0.05) is 7.05 Å². The van der Waals surface area contributed by atoms with E-state index in [0.29, 0.717) is 11.1 Å². The van der Waals surface area contributed by atoms with E-state index in [1.165, 1.54) is 0 Å². The molecule has 0 fully saturated rings. The minimum absolute atomic E-state index is 0.307. The first kappa shape index (κ1) is 10.6. The zero-order valence-corrected chi connectivity index (χ0v) is 10.4. The summed E-state index contributed by atoms with van der Waals surface area (Å²) in [5, 5.41) is 6.56. The molecule has 0 amide bonds. The Bertz CT molecular complexity index is 584. The number of ether oxygens (including phenoxy) is 1. The molecule has 1 atom stereocenters. The van der Waals surface area contributed by atoms with Crippen molar-refractivity contribution in [3.8, 4) is 5.88 Å². The number of thioether (sulfide) groups is 1. The van der Waals surface area contributed by atoms with E-state index in [2.05, 4.69) is 26.6 Å². The van der Waals surface area contributed by atoms with Gasteiger partial charge in [0.15, 0.2) is 5.65 Å². The van der Waals surface area contributed by atoms with Crippen LogP contribution in [-0.2, 0) is 7.05 Å². The first-order valence-electron chi connectivity index (χ1n) is 5.33. The first-order chi connectivity index (χ1) is 8.29. The Morgan fingerprint density at radius 1 is 1.47 bits per heavy atom. The predicted molar refractivity (Wildman–Crippen MR) is 66.9 cm³/mol. The number of nitrogens with zero attached hydrogens (tertiary/aromatic N) is 4. The van der Waals surface area contributed by atoms with Crippen molar-refractivity contribution in [2.45, 2.75) is 11.7 Å². The van der Waals surface area contributed by atoms with Crippen molar-refractivity contribution in [1.82, 2.24) is 19.7 Å². The molecule has 0 aromatic carbocycles. The fourth-order valence-corrected chi connectivity index (χ4v) is 2.80. The molecule has 3 heterocycles. The summed E-state index contributed by atoms with van der Waals surface area (Å²) in [5.74, 6) is 0.599. The Balaban J connectivity index is 2.15. The van der Waals surface area contributed by atoms with Crippen LogP contribution in [0.1, 0.15) is 17.4 Å². The van der Waals surface area contributed by atoms with Crippen LogP contribution in [0.5, 0.6) is 5.88 Å². The van der Waals surface area contributed by atoms with Crippen LogP contribution in [0, 0.1) is 0 Å². The smallest absolute Gasteiger partial charge is 0.238 e. The second-order valence-corrected chi connectivity index (χ2v) is 4.94. The highest BCUT2D eigenvalue weighted by Gasteiger charge is 2.22. The van der Waals surface area contributed by atoms with Crippen molar-refractivity contribution >= 4 is 22.9 Å². The molecule has 3 rings (SSSR count). The van der Waals surface area contributed by atoms with Crippen LogP contribution < -0.4 is 4.74 Å². The molecule has 17 heavy (non-hydrogen) atoms. The van der Waals surface area contributed by atoms with Crippen molar-refractivity contribution in [1.29, 1.82) is 0 Å². The summed E-state index contributed by atoms with van der Waals surface area (Å²) in [4.78, 5) is 9.09. The highest BCUT2D eigenvalue weighted by Crippen LogP contribution is 2.41. The van der Waals surface area contributed by atoms with E-state index >= 15 is 0 Å². The summed E-state index contributed by atoms with van der Waals surface area (Å²) in [5.41, 5.74) is 2.47. The fourth-order valence-electron chi connectivity index (χ4n) is 1.88. The number of rotatable bonds is 2. The van der Waals surface area contributed by atoms with Gasteiger partial charge in [-0.1, -0.05) is 6.08 Å². The van der Waals surface area contributed by atoms with E-state index in [-0.39, 0.29) is 0 Å². The average molecular weight is 248 g/mol. The zero-order chi connectivity index (χ0) is 11.8. The summed E-state index contributed by atoms with van der Waals surface area (Å²) in [6, 6.07) is 0. The quantitative estimate of drug-likeness (QED) is 0.814. The largest absolute Gasteiger partial charge is 0.480 e. The van der Waals surface area contributed by atoms with Gasteiger partial charge in [-0.2, -0.15) is 10.1 Å². The number of hydrogen-bond donors (Lipinski definition) is 0. The lowest BCUT2D eigenvalue weighted by atomic mass is 10.2. The zero-order valence-electron chi connectivity index (χ0n) is 9.62. The molecule has 0 saturated heterocycles. The van der Waals surface area contributed by atoms with Gasteiger partial charge in [-0.05, 0) is 11.8 Å². The lowest BCUT2D eigenvalue weighted by molar-refractivity contribution is 0.390. The van der Waals surface area contributed by atoms with E-state index in [1.807, 2.05) is 7.05 Å². The van der Waals surface area contributed by atoms with Gasteiger partial charge in [0.05, 0.1) is 18.6 Å². The highest BCUT2D eigenvalue weighted by atomic mass is 32.2. The molecule has 0 saturated carbocycles. The number of aryl methyl sites for hydroxylation is 1. The van der Waals surface area contributed by atoms with Crippen molar-refractivity contribution < 1.29 is 4.74 Å². The van der Waals surface area contributed by atoms with Gasteiger partial charge in [-0.15, -0.1) is 11.8 Å². The number of methoxy groups -OCH3 is 1. The van der Waals surface area contributed by atoms with Gasteiger partial charge in [0.25, 0.3) is 0 Å². The van der Waals surface area contributed by atoms with Crippen LogP contribution in [-0.4, -0.2) is 26.9 Å². The first-order valence-corrected chi connectivity index (χ1v) is 6.28. The Morgan fingerprint density at radius 2 is 2.35 bits per heavy atom. The highest BCUT2D eigenvalue weighted by molar-refractivity contribution is 8.02. The maximum atomic E-state index is 5.33. The van der Waals surface area contributed by atoms with Crippen LogP contribution >= 0.6 is 11.8 Å². The monoisotopic (exact) mass is 248 g/mol. The van der Waals surface area contributed by atoms with E-state index < -0.39 is 0 Å². The van der Waals surface area contributed by atoms with Crippen LogP contribution in [0.2, 0.25) is 0 Å². The molecule has 88 valence electrons. The Kier molecular flexibility index (Phi) is 2.51. The van der Waals surface area contributed by atoms with E-state index in [9.17, 15) is 0 Å². The van der Waals surface area contributed by atoms with Gasteiger partial charge in [0.2, 0.25) is 5.88 Å². The van der Waals surface area contributed by atoms with Gasteiger partial charge < -0.3 is 4.74 Å². The second-order valence-electron chi connectivity index (χ2n) is 3.83. The SMILES string of the molecule is COc1nc2c(cnn2C)nc1C1CC=CS1. The van der Waals surface area contributed by atoms with Crippen molar-refractivity contribution in [3.63, 3.8) is 0 Å². The summed E-state index contributed by atoms with van der Waals surface area (Å²) in [6.07, 6.45) is 4.85. The minimum Gasteiger partial charge on any atom is -0.480 e. The Hall–Kier alpha value is -1.56. The molecular weight excluding hydrogens is 236 g/mol. The minimum atomic E-state index is 0.307. The summed E-state index contributed by atoms with van der Waals surface area (Å²) in [7, 11) is 3.48. The number of hydrogen-bond acceptors (Lipinski definition) is 5. The number of fused-ring (bicyclic) bond motifs is 1. The van der Waals surface area contributed by atoms with Crippen LogP contribution in [0.3, 0.4) is 0 Å². The lowest BCUT2D eigenvalue weighted by Gasteiger charge is -2.11. The van der Waals surface area contributed by atoms with Crippen LogP contribution in [0.4, 0.5) is 0 Å². The molecule has 5 nitrogen and oxygen atoms in total. The van der Waals surface area contributed by atoms with Crippen LogP contribution in [0.15, 0.2) is 17.7 Å². The fraction of sp³-hybridized carbons (Fsp3) is 0.364. The number of allylic oxidation sites excluding steroid dienone is 1. The molecule has 6 heteroatoms. The molecule has 0 N–H and O–H groups in total. The van der Waals surface area contributed by atoms with Gasteiger partial charge in [-0.3, -0.25) is 0 Å². The molecule has 0 bridgehead atoms. The second kappa shape index (κ2) is 4.03. The molecule has 1 aliphatic rings. The lowest BCUT2D eigenvalue weighted by Crippen LogP contribution is -2.03. The third kappa shape index (κ3) is 1.68. The third-order valence-electron chi connectivity index (χ3n) is 2.74. The van der Waals surface area contributed by atoms with Crippen molar-refractivity contribution in [2.24, 2.45) is 7.05 Å². The maximum Gasteiger partial charge on any atom is 0.238 e. The van der Waals surface area contributed by atoms with Gasteiger partial charge in [0.1, 0.15) is 11.2 Å². The van der Waals surface area contributed by atoms with Gasteiger partial charge in [-0.25, -0.2) is 9.67 Å². The normalized spacial score (nSPS) is 19.1. The topological polar surface area (TPSA) is 52.8 Å². The predicted octanol–water partition coefficient (Wildman–Crippen LogP) is 2.06. The molecular formula is C11H12N4OS. The van der Waals surface area contributed by atoms with E-state index in [1.54, 1.807) is 29.8 Å². The Labute approximate surface area is 103 Å². The van der Waals surface area contributed by atoms with Crippen molar-refractivity contribution in [3.05, 3.63) is 23.4 Å². The van der Waals surface area contributed by atoms with E-state index in [4.69, 9.17) is 4.74 Å². The average Bonchev–Trinajstić information content (AvgIpc) is 2.98. The van der Waals surface area contributed by atoms with Gasteiger partial charge >= 0.3 is 0 Å². The van der Waals surface area contributed by atoms with Crippen LogP contribution in [0.25, 0.3) is 11.2 Å². The Morgan fingerprint density at radius 3 is 3.06 bits per heavy atom. The molecule has 0 spiro atoms. The molecule has 1 aliphatic heterocycles. The summed E-state index contributed by atoms with van der Waals surface area (Å²) in [6.45, 7) is 0. The van der Waals surface area contributed by atoms with Crippen molar-refractivity contribution in [2.75, 3.05) is 7.11 Å². The molecule has 0 aliphatic carbocycles. The third-order valence-corrected chi connectivity index (χ3v) is 3.84. The van der Waals surface area contributed by atoms with E-state index in [0.717, 1.165) is 23.3 Å². The molecule has 2 aromatic rings. The summed E-state index contributed by atoms with van der Waals surface area (Å²) >= 11 is 1.75. The molecule has 1 unspecified atom stereocenters. The molecule has 0 radical (unpaired) electrons. The standard InChI is InChI=1S/C11H12N4OS/c1-15-10-7(6-12-15)13-9(11(14-10)16-2)8-4-3-5-17-8/h3,5-6,8H,4H2,1-2H3. The summed E-state index contributed by atoms with van der Waals surface area (Å²) < 4.78 is 7.04. The molecule has 2 aromatic heterocycles. The number of aromatic nitrogens is 4. The maximum absolute atomic E-state index is 5.33.